The number of aromatic carboxylic acids is 1. The molecule has 2 aromatic rings. The van der Waals surface area contributed by atoms with E-state index in [1.807, 2.05) is 36.2 Å². The molecule has 0 saturated heterocycles. The summed E-state index contributed by atoms with van der Waals surface area (Å²) < 4.78 is 0. The fourth-order valence-electron chi connectivity index (χ4n) is 2.24. The number of carboxylic acids is 1. The molecule has 20 heavy (non-hydrogen) atoms. The smallest absolute Gasteiger partial charge is 0.339 e. The molecule has 1 unspecified atom stereocenters. The van der Waals surface area contributed by atoms with Gasteiger partial charge in [0.25, 0.3) is 0 Å². The molecule has 1 heterocycles. The Balaban J connectivity index is 2.49. The van der Waals surface area contributed by atoms with E-state index in [1.165, 1.54) is 0 Å². The van der Waals surface area contributed by atoms with Crippen LogP contribution < -0.4 is 4.90 Å². The number of aromatic nitrogens is 1. The molecule has 0 aliphatic heterocycles. The van der Waals surface area contributed by atoms with Crippen LogP contribution in [0.25, 0.3) is 10.9 Å². The van der Waals surface area contributed by atoms with Crippen LogP contribution in [0.4, 0.5) is 5.82 Å². The van der Waals surface area contributed by atoms with Gasteiger partial charge in [-0.3, -0.25) is 0 Å². The van der Waals surface area contributed by atoms with Crippen LogP contribution in [0.3, 0.4) is 0 Å². The molecule has 0 radical (unpaired) electrons. The Morgan fingerprint density at radius 3 is 2.75 bits per heavy atom. The molecule has 0 bridgehead atoms. The number of carboxylic acid groups (broad SMARTS) is 1. The lowest BCUT2D eigenvalue weighted by molar-refractivity contribution is 0.0697. The molecule has 1 N–H and O–H groups in total. The summed E-state index contributed by atoms with van der Waals surface area (Å²) in [7, 11) is 1.90. The van der Waals surface area contributed by atoms with Crippen molar-refractivity contribution >= 4 is 22.7 Å². The third-order valence-corrected chi connectivity index (χ3v) is 3.58. The molecule has 0 fully saturated rings. The van der Waals surface area contributed by atoms with Crippen LogP contribution >= 0.6 is 0 Å². The molecule has 0 amide bonds. The van der Waals surface area contributed by atoms with Crippen LogP contribution in [-0.4, -0.2) is 29.7 Å². The van der Waals surface area contributed by atoms with Crippen LogP contribution in [0.2, 0.25) is 0 Å². The van der Waals surface area contributed by atoms with E-state index in [2.05, 4.69) is 18.8 Å². The maximum Gasteiger partial charge on any atom is 0.339 e. The third kappa shape index (κ3) is 2.90. The van der Waals surface area contributed by atoms with Crippen LogP contribution in [0.15, 0.2) is 30.3 Å². The van der Waals surface area contributed by atoms with Gasteiger partial charge in [0, 0.05) is 19.0 Å². The second-order valence-corrected chi connectivity index (χ2v) is 5.25. The Morgan fingerprint density at radius 1 is 1.40 bits per heavy atom. The normalized spacial score (nSPS) is 12.3. The average Bonchev–Trinajstić information content (AvgIpc) is 2.45. The maximum absolute atomic E-state index is 11.5. The topological polar surface area (TPSA) is 53.4 Å². The summed E-state index contributed by atoms with van der Waals surface area (Å²) in [5, 5.41) is 10.3. The van der Waals surface area contributed by atoms with Gasteiger partial charge in [0.2, 0.25) is 0 Å². The number of benzene rings is 1. The first-order chi connectivity index (χ1) is 9.52. The van der Waals surface area contributed by atoms with Gasteiger partial charge in [-0.15, -0.1) is 0 Å². The monoisotopic (exact) mass is 272 g/mol. The van der Waals surface area contributed by atoms with Gasteiger partial charge in [0.05, 0.1) is 5.52 Å². The minimum absolute atomic E-state index is 0.259. The number of carbonyl (C=O) groups is 1. The van der Waals surface area contributed by atoms with Crippen molar-refractivity contribution in [3.63, 3.8) is 0 Å². The highest BCUT2D eigenvalue weighted by molar-refractivity contribution is 5.98. The molecule has 0 aliphatic rings. The molecule has 0 saturated carbocycles. The maximum atomic E-state index is 11.5. The predicted molar refractivity (Wildman–Crippen MR) is 81.4 cm³/mol. The van der Waals surface area contributed by atoms with E-state index in [0.29, 0.717) is 11.7 Å². The van der Waals surface area contributed by atoms with E-state index < -0.39 is 5.97 Å². The minimum atomic E-state index is -0.936. The highest BCUT2D eigenvalue weighted by atomic mass is 16.4. The van der Waals surface area contributed by atoms with E-state index in [-0.39, 0.29) is 5.56 Å². The Bertz CT molecular complexity index is 625. The quantitative estimate of drug-likeness (QED) is 0.906. The van der Waals surface area contributed by atoms with Crippen molar-refractivity contribution in [3.05, 3.63) is 35.9 Å². The van der Waals surface area contributed by atoms with Gasteiger partial charge in [0.1, 0.15) is 11.4 Å². The van der Waals surface area contributed by atoms with Crippen molar-refractivity contribution in [1.82, 2.24) is 4.98 Å². The van der Waals surface area contributed by atoms with E-state index in [9.17, 15) is 9.90 Å². The fourth-order valence-corrected chi connectivity index (χ4v) is 2.24. The zero-order valence-electron chi connectivity index (χ0n) is 12.1. The predicted octanol–water partition coefficient (Wildman–Crippen LogP) is 3.42. The second-order valence-electron chi connectivity index (χ2n) is 5.25. The summed E-state index contributed by atoms with van der Waals surface area (Å²) in [6, 6.07) is 9.29. The number of fused-ring (bicyclic) bond motifs is 1. The van der Waals surface area contributed by atoms with E-state index in [1.54, 1.807) is 6.07 Å². The Hall–Kier alpha value is -2.10. The van der Waals surface area contributed by atoms with Crippen molar-refractivity contribution in [2.75, 3.05) is 18.5 Å². The van der Waals surface area contributed by atoms with Crippen molar-refractivity contribution in [2.24, 2.45) is 5.92 Å². The standard InChI is InChI=1S/C16H20N2O2/c1-4-11(2)10-18(3)15-13(16(19)20)9-12-7-5-6-8-14(12)17-15/h5-9,11H,4,10H2,1-3H3,(H,19,20). The zero-order chi connectivity index (χ0) is 14.7. The molecule has 4 heteroatoms. The first-order valence-corrected chi connectivity index (χ1v) is 6.87. The van der Waals surface area contributed by atoms with Crippen molar-refractivity contribution < 1.29 is 9.90 Å². The second kappa shape index (κ2) is 5.90. The molecule has 1 aromatic heterocycles. The molecule has 106 valence electrons. The third-order valence-electron chi connectivity index (χ3n) is 3.58. The fraction of sp³-hybridized carbons (Fsp3) is 0.375. The number of anilines is 1. The van der Waals surface area contributed by atoms with Crippen molar-refractivity contribution in [2.45, 2.75) is 20.3 Å². The number of pyridine rings is 1. The summed E-state index contributed by atoms with van der Waals surface area (Å²) >= 11 is 0. The molecule has 0 aliphatic carbocycles. The molecule has 1 aromatic carbocycles. The number of para-hydroxylation sites is 1. The van der Waals surface area contributed by atoms with Crippen LogP contribution in [-0.2, 0) is 0 Å². The van der Waals surface area contributed by atoms with Crippen LogP contribution in [0.1, 0.15) is 30.6 Å². The SMILES string of the molecule is CCC(C)CN(C)c1nc2ccccc2cc1C(=O)O. The number of hydrogen-bond acceptors (Lipinski definition) is 3. The number of nitrogens with zero attached hydrogens (tertiary/aromatic N) is 2. The summed E-state index contributed by atoms with van der Waals surface area (Å²) in [4.78, 5) is 17.9. The van der Waals surface area contributed by atoms with Crippen molar-refractivity contribution in [3.8, 4) is 0 Å². The summed E-state index contributed by atoms with van der Waals surface area (Å²) in [6.45, 7) is 5.07. The van der Waals surface area contributed by atoms with Gasteiger partial charge < -0.3 is 10.0 Å². The number of rotatable bonds is 5. The Kier molecular flexibility index (Phi) is 4.23. The van der Waals surface area contributed by atoms with Crippen molar-refractivity contribution in [1.29, 1.82) is 0 Å². The van der Waals surface area contributed by atoms with E-state index in [4.69, 9.17) is 0 Å². The zero-order valence-corrected chi connectivity index (χ0v) is 12.1. The first kappa shape index (κ1) is 14.3. The van der Waals surface area contributed by atoms with Gasteiger partial charge in [-0.2, -0.15) is 0 Å². The van der Waals surface area contributed by atoms with Gasteiger partial charge in [-0.05, 0) is 18.1 Å². The van der Waals surface area contributed by atoms with Crippen LogP contribution in [0, 0.1) is 5.92 Å². The summed E-state index contributed by atoms with van der Waals surface area (Å²) in [6.07, 6.45) is 1.06. The Morgan fingerprint density at radius 2 is 2.10 bits per heavy atom. The molecule has 2 rings (SSSR count). The lowest BCUT2D eigenvalue weighted by Crippen LogP contribution is -2.26. The molecular formula is C16H20N2O2. The molecule has 4 nitrogen and oxygen atoms in total. The van der Waals surface area contributed by atoms with Gasteiger partial charge in [-0.25, -0.2) is 9.78 Å². The number of hydrogen-bond donors (Lipinski definition) is 1. The lowest BCUT2D eigenvalue weighted by Gasteiger charge is -2.23. The van der Waals surface area contributed by atoms with E-state index in [0.717, 1.165) is 23.9 Å². The minimum Gasteiger partial charge on any atom is -0.478 e. The van der Waals surface area contributed by atoms with E-state index >= 15 is 0 Å². The van der Waals surface area contributed by atoms with Crippen LogP contribution in [0.5, 0.6) is 0 Å². The summed E-state index contributed by atoms with van der Waals surface area (Å²) in [5.74, 6) is 0.0978. The van der Waals surface area contributed by atoms with Gasteiger partial charge in [0.15, 0.2) is 0 Å². The first-order valence-electron chi connectivity index (χ1n) is 6.87. The lowest BCUT2D eigenvalue weighted by atomic mass is 10.1. The highest BCUT2D eigenvalue weighted by Gasteiger charge is 2.17. The molecular weight excluding hydrogens is 252 g/mol. The van der Waals surface area contributed by atoms with Gasteiger partial charge >= 0.3 is 5.97 Å². The molecule has 1 atom stereocenters. The molecule has 0 spiro atoms. The largest absolute Gasteiger partial charge is 0.478 e. The summed E-state index contributed by atoms with van der Waals surface area (Å²) in [5.41, 5.74) is 1.08. The Labute approximate surface area is 119 Å². The average molecular weight is 272 g/mol. The van der Waals surface area contributed by atoms with Gasteiger partial charge in [-0.1, -0.05) is 38.5 Å². The highest BCUT2D eigenvalue weighted by Crippen LogP contribution is 2.23.